The molecule has 2 aliphatic rings. The van der Waals surface area contributed by atoms with Crippen LogP contribution in [0.3, 0.4) is 0 Å². The van der Waals surface area contributed by atoms with Crippen LogP contribution in [0, 0.1) is 17.6 Å². The number of nitrogens with zero attached hydrogens (tertiary/aromatic N) is 2. The van der Waals surface area contributed by atoms with Gasteiger partial charge in [-0.2, -0.15) is 0 Å². The zero-order chi connectivity index (χ0) is 21.5. The van der Waals surface area contributed by atoms with Crippen molar-refractivity contribution in [3.05, 3.63) is 53.9 Å². The summed E-state index contributed by atoms with van der Waals surface area (Å²) in [6.45, 7) is 4.44. The van der Waals surface area contributed by atoms with Crippen LogP contribution in [-0.4, -0.2) is 39.9 Å². The molecule has 0 saturated carbocycles. The Morgan fingerprint density at radius 3 is 2.60 bits per heavy atom. The van der Waals surface area contributed by atoms with Crippen LogP contribution in [0.5, 0.6) is 0 Å². The van der Waals surface area contributed by atoms with Crippen molar-refractivity contribution in [2.75, 3.05) is 6.54 Å². The van der Waals surface area contributed by atoms with Gasteiger partial charge in [0.1, 0.15) is 23.0 Å². The number of pyridine rings is 1. The van der Waals surface area contributed by atoms with E-state index in [0.717, 1.165) is 18.9 Å². The van der Waals surface area contributed by atoms with Gasteiger partial charge in [-0.05, 0) is 56.4 Å². The molecule has 1 amide bonds. The van der Waals surface area contributed by atoms with Crippen molar-refractivity contribution in [2.45, 2.75) is 51.2 Å². The molecule has 7 heteroatoms. The quantitative estimate of drug-likeness (QED) is 0.721. The maximum absolute atomic E-state index is 13.4. The van der Waals surface area contributed by atoms with E-state index in [-0.39, 0.29) is 30.3 Å². The monoisotopic (exact) mass is 414 g/mol. The van der Waals surface area contributed by atoms with E-state index in [4.69, 9.17) is 4.74 Å². The molecule has 2 aliphatic heterocycles. The summed E-state index contributed by atoms with van der Waals surface area (Å²) in [5, 5.41) is 0. The molecule has 5 nitrogen and oxygen atoms in total. The van der Waals surface area contributed by atoms with Crippen LogP contribution in [0.25, 0.3) is 11.1 Å². The van der Waals surface area contributed by atoms with Crippen molar-refractivity contribution in [1.29, 1.82) is 0 Å². The molecule has 4 rings (SSSR count). The molecule has 2 atom stereocenters. The number of carbonyl (C=O) groups is 2. The van der Waals surface area contributed by atoms with E-state index < -0.39 is 17.2 Å². The smallest absolute Gasteiger partial charge is 0.410 e. The molecule has 3 heterocycles. The van der Waals surface area contributed by atoms with E-state index >= 15 is 0 Å². The van der Waals surface area contributed by atoms with E-state index in [1.54, 1.807) is 17.0 Å². The topological polar surface area (TPSA) is 59.5 Å². The first-order chi connectivity index (χ1) is 14.2. The molecule has 2 fully saturated rings. The molecule has 0 unspecified atom stereocenters. The van der Waals surface area contributed by atoms with Crippen LogP contribution >= 0.6 is 0 Å². The van der Waals surface area contributed by atoms with Crippen molar-refractivity contribution < 1.29 is 23.1 Å². The Labute approximate surface area is 174 Å². The third-order valence-corrected chi connectivity index (χ3v) is 6.01. The van der Waals surface area contributed by atoms with Crippen LogP contribution < -0.4 is 0 Å². The molecule has 30 heavy (non-hydrogen) atoms. The van der Waals surface area contributed by atoms with Gasteiger partial charge in [-0.3, -0.25) is 9.78 Å². The highest BCUT2D eigenvalue weighted by Crippen LogP contribution is 2.38. The highest BCUT2D eigenvalue weighted by atomic mass is 19.1. The molecule has 0 bridgehead atoms. The second-order valence-corrected chi connectivity index (χ2v) is 8.69. The van der Waals surface area contributed by atoms with E-state index in [1.165, 1.54) is 18.3 Å². The fourth-order valence-corrected chi connectivity index (χ4v) is 4.47. The third kappa shape index (κ3) is 4.20. The first kappa shape index (κ1) is 20.4. The summed E-state index contributed by atoms with van der Waals surface area (Å²) >= 11 is 0. The fourth-order valence-electron chi connectivity index (χ4n) is 4.47. The van der Waals surface area contributed by atoms with Crippen molar-refractivity contribution in [1.82, 2.24) is 9.88 Å². The molecular formula is C23H24F2N2O3. The molecule has 158 valence electrons. The number of ketones is 1. The van der Waals surface area contributed by atoms with Crippen LogP contribution in [0.2, 0.25) is 0 Å². The fraction of sp³-hybridized carbons (Fsp3) is 0.435. The summed E-state index contributed by atoms with van der Waals surface area (Å²) in [6, 6.07) is 6.74. The summed E-state index contributed by atoms with van der Waals surface area (Å²) in [7, 11) is 0. The van der Waals surface area contributed by atoms with Crippen molar-refractivity contribution in [3.63, 3.8) is 0 Å². The number of rotatable bonds is 5. The number of benzene rings is 1. The predicted octanol–water partition coefficient (Wildman–Crippen LogP) is 4.54. The lowest BCUT2D eigenvalue weighted by atomic mass is 9.81. The zero-order valence-electron chi connectivity index (χ0n) is 17.0. The molecule has 0 N–H and O–H groups in total. The Bertz CT molecular complexity index is 955. The molecule has 1 aromatic heterocycles. The van der Waals surface area contributed by atoms with Crippen LogP contribution in [0.1, 0.15) is 38.8 Å². The average molecular weight is 414 g/mol. The van der Waals surface area contributed by atoms with Gasteiger partial charge in [0.05, 0.1) is 6.04 Å². The first-order valence-corrected chi connectivity index (χ1v) is 10.1. The maximum Gasteiger partial charge on any atom is 0.410 e. The lowest BCUT2D eigenvalue weighted by Gasteiger charge is -2.36. The van der Waals surface area contributed by atoms with Gasteiger partial charge in [0.15, 0.2) is 0 Å². The minimum atomic E-state index is -0.646. The van der Waals surface area contributed by atoms with Crippen LogP contribution in [0.4, 0.5) is 13.6 Å². The van der Waals surface area contributed by atoms with Gasteiger partial charge in [0.2, 0.25) is 0 Å². The number of carbonyl (C=O) groups excluding carboxylic acids is 2. The van der Waals surface area contributed by atoms with Gasteiger partial charge in [-0.1, -0.05) is 6.07 Å². The van der Waals surface area contributed by atoms with Gasteiger partial charge < -0.3 is 9.64 Å². The first-order valence-electron chi connectivity index (χ1n) is 10.1. The highest BCUT2D eigenvalue weighted by Gasteiger charge is 2.50. The normalized spacial score (nSPS) is 22.5. The standard InChI is InChI=1S/C23H24F2N2O3/c1-23(2)21-8-14(5-6-27(21)22(29)30-23)7-20(28)12-19-4-3-15(13-26-19)16-9-17(24)11-18(25)10-16/h3-4,9-11,13-14,21H,5-8,12H2,1-2H3/t14-,21-/m1/s1. The Hall–Kier alpha value is -2.83. The third-order valence-electron chi connectivity index (χ3n) is 6.01. The Balaban J connectivity index is 1.36. The predicted molar refractivity (Wildman–Crippen MR) is 107 cm³/mol. The van der Waals surface area contributed by atoms with Gasteiger partial charge in [0, 0.05) is 42.9 Å². The summed E-state index contributed by atoms with van der Waals surface area (Å²) in [5.74, 6) is -0.990. The molecule has 0 aliphatic carbocycles. The number of hydrogen-bond donors (Lipinski definition) is 0. The van der Waals surface area contributed by atoms with E-state index in [2.05, 4.69) is 4.98 Å². The lowest BCUT2D eigenvalue weighted by molar-refractivity contribution is -0.119. The van der Waals surface area contributed by atoms with Gasteiger partial charge >= 0.3 is 6.09 Å². The number of Topliss-reactive ketones (excluding diaryl/α,β-unsaturated/α-hetero) is 1. The largest absolute Gasteiger partial charge is 0.441 e. The van der Waals surface area contributed by atoms with Gasteiger partial charge in [0.25, 0.3) is 0 Å². The average Bonchev–Trinajstić information content (AvgIpc) is 2.90. The highest BCUT2D eigenvalue weighted by molar-refractivity contribution is 5.81. The number of cyclic esters (lactones) is 1. The molecule has 0 spiro atoms. The number of ether oxygens (including phenoxy) is 1. The van der Waals surface area contributed by atoms with E-state index in [1.807, 2.05) is 13.8 Å². The number of aromatic nitrogens is 1. The number of halogens is 2. The summed E-state index contributed by atoms with van der Waals surface area (Å²) in [6.07, 6.45) is 3.44. The Morgan fingerprint density at radius 1 is 1.20 bits per heavy atom. The molecule has 0 radical (unpaired) electrons. The molecule has 2 saturated heterocycles. The van der Waals surface area contributed by atoms with E-state index in [9.17, 15) is 18.4 Å². The number of amides is 1. The summed E-state index contributed by atoms with van der Waals surface area (Å²) < 4.78 is 32.3. The van der Waals surface area contributed by atoms with Gasteiger partial charge in [-0.25, -0.2) is 13.6 Å². The molecule has 1 aromatic carbocycles. The second kappa shape index (κ2) is 7.78. The van der Waals surface area contributed by atoms with Crippen molar-refractivity contribution in [3.8, 4) is 11.1 Å². The Kier molecular flexibility index (Phi) is 5.30. The maximum atomic E-state index is 13.4. The molecular weight excluding hydrogens is 390 g/mol. The number of piperidine rings is 1. The zero-order valence-corrected chi connectivity index (χ0v) is 17.0. The van der Waals surface area contributed by atoms with Crippen molar-refractivity contribution in [2.24, 2.45) is 5.92 Å². The summed E-state index contributed by atoms with van der Waals surface area (Å²) in [5.41, 5.74) is 1.08. The Morgan fingerprint density at radius 2 is 1.93 bits per heavy atom. The lowest BCUT2D eigenvalue weighted by Crippen LogP contribution is -2.47. The van der Waals surface area contributed by atoms with Crippen LogP contribution in [-0.2, 0) is 16.0 Å². The SMILES string of the molecule is CC1(C)OC(=O)N2CC[C@H](CC(=O)Cc3ccc(-c4cc(F)cc(F)c4)cn3)C[C@@H]21. The summed E-state index contributed by atoms with van der Waals surface area (Å²) in [4.78, 5) is 30.6. The number of fused-ring (bicyclic) bond motifs is 1. The minimum absolute atomic E-state index is 0.000576. The molecule has 2 aromatic rings. The van der Waals surface area contributed by atoms with Crippen LogP contribution in [0.15, 0.2) is 36.5 Å². The number of hydrogen-bond acceptors (Lipinski definition) is 4. The van der Waals surface area contributed by atoms with E-state index in [0.29, 0.717) is 29.8 Å². The van der Waals surface area contributed by atoms with Gasteiger partial charge in [-0.15, -0.1) is 0 Å². The second-order valence-electron chi connectivity index (χ2n) is 8.69. The minimum Gasteiger partial charge on any atom is -0.441 e. The van der Waals surface area contributed by atoms with Crippen molar-refractivity contribution >= 4 is 11.9 Å².